The molecule has 2 aromatic heterocycles. The number of nitrogens with one attached hydrogen (secondary N) is 1. The van der Waals surface area contributed by atoms with Crippen molar-refractivity contribution in [3.8, 4) is 11.4 Å². The second-order valence-corrected chi connectivity index (χ2v) is 6.27. The molecule has 1 aliphatic heterocycles. The Hall–Kier alpha value is -2.61. The second kappa shape index (κ2) is 6.60. The lowest BCUT2D eigenvalue weighted by Gasteiger charge is -2.31. The second-order valence-electron chi connectivity index (χ2n) is 6.27. The third-order valence-electron chi connectivity index (χ3n) is 4.43. The van der Waals surface area contributed by atoms with Gasteiger partial charge in [-0.15, -0.1) is 0 Å². The van der Waals surface area contributed by atoms with Gasteiger partial charge in [0.2, 0.25) is 0 Å². The number of halogens is 3. The molecule has 26 heavy (non-hydrogen) atoms. The van der Waals surface area contributed by atoms with Gasteiger partial charge in [0.25, 0.3) is 0 Å². The van der Waals surface area contributed by atoms with Crippen molar-refractivity contribution in [3.63, 3.8) is 0 Å². The van der Waals surface area contributed by atoms with E-state index in [0.717, 1.165) is 31.7 Å². The summed E-state index contributed by atoms with van der Waals surface area (Å²) in [5.41, 5.74) is 2.05. The zero-order valence-corrected chi connectivity index (χ0v) is 14.0. The Morgan fingerprint density at radius 2 is 1.88 bits per heavy atom. The highest BCUT2D eigenvalue weighted by atomic mass is 19.4. The molecule has 1 N–H and O–H groups in total. The van der Waals surface area contributed by atoms with E-state index < -0.39 is 12.6 Å². The maximum atomic E-state index is 13.0. The first-order chi connectivity index (χ1) is 12.5. The van der Waals surface area contributed by atoms with Crippen LogP contribution < -0.4 is 10.3 Å². The minimum atomic E-state index is -4.28. The van der Waals surface area contributed by atoms with Crippen LogP contribution in [-0.4, -0.2) is 47.0 Å². The molecule has 8 heteroatoms. The number of benzene rings is 1. The van der Waals surface area contributed by atoms with Crippen molar-refractivity contribution in [2.45, 2.75) is 12.6 Å². The number of hydrogen-bond acceptors (Lipinski definition) is 4. The average molecular weight is 361 g/mol. The van der Waals surface area contributed by atoms with Crippen molar-refractivity contribution in [2.24, 2.45) is 0 Å². The van der Waals surface area contributed by atoms with Crippen LogP contribution in [0.5, 0.6) is 0 Å². The van der Waals surface area contributed by atoms with Gasteiger partial charge in [-0.05, 0) is 23.8 Å². The van der Waals surface area contributed by atoms with Gasteiger partial charge in [-0.25, -0.2) is 9.66 Å². The van der Waals surface area contributed by atoms with Crippen LogP contribution in [0.4, 0.5) is 13.2 Å². The van der Waals surface area contributed by atoms with Crippen LogP contribution in [0.3, 0.4) is 0 Å². The van der Waals surface area contributed by atoms with E-state index in [-0.39, 0.29) is 5.56 Å². The summed E-state index contributed by atoms with van der Waals surface area (Å²) in [6.07, 6.45) is -1.92. The third kappa shape index (κ3) is 3.24. The lowest BCUT2D eigenvalue weighted by Crippen LogP contribution is -2.49. The predicted molar refractivity (Wildman–Crippen MR) is 93.5 cm³/mol. The first-order valence-electron chi connectivity index (χ1n) is 8.46. The minimum Gasteiger partial charge on any atom is -0.313 e. The van der Waals surface area contributed by atoms with Gasteiger partial charge in [-0.2, -0.15) is 13.2 Å². The first kappa shape index (κ1) is 16.8. The van der Waals surface area contributed by atoms with Gasteiger partial charge in [0, 0.05) is 44.1 Å². The van der Waals surface area contributed by atoms with Gasteiger partial charge in [0.1, 0.15) is 0 Å². The van der Waals surface area contributed by atoms with Crippen molar-refractivity contribution in [1.82, 2.24) is 20.0 Å². The highest BCUT2D eigenvalue weighted by Crippen LogP contribution is 2.30. The summed E-state index contributed by atoms with van der Waals surface area (Å²) in [5.74, 6) is 0.615. The zero-order chi connectivity index (χ0) is 18.1. The smallest absolute Gasteiger partial charge is 0.313 e. The number of para-hydroxylation sites is 1. The molecule has 0 aliphatic carbocycles. The van der Waals surface area contributed by atoms with Gasteiger partial charge >= 0.3 is 6.18 Å². The third-order valence-corrected chi connectivity index (χ3v) is 4.43. The summed E-state index contributed by atoms with van der Waals surface area (Å²) in [6, 6.07) is 8.66. The summed E-state index contributed by atoms with van der Waals surface area (Å²) in [6.45, 7) is 3.13. The monoisotopic (exact) mass is 361 g/mol. The van der Waals surface area contributed by atoms with E-state index in [0.29, 0.717) is 16.9 Å². The fourth-order valence-electron chi connectivity index (χ4n) is 3.32. The quantitative estimate of drug-likeness (QED) is 0.779. The molecule has 0 bridgehead atoms. The molecule has 0 unspecified atom stereocenters. The number of piperazine rings is 1. The van der Waals surface area contributed by atoms with E-state index in [1.54, 1.807) is 24.5 Å². The van der Waals surface area contributed by atoms with E-state index in [2.05, 4.69) is 20.3 Å². The molecule has 1 fully saturated rings. The highest BCUT2D eigenvalue weighted by molar-refractivity contribution is 5.84. The topological polar surface area (TPSA) is 46.0 Å². The van der Waals surface area contributed by atoms with Gasteiger partial charge in [0.15, 0.2) is 5.82 Å². The van der Waals surface area contributed by atoms with E-state index >= 15 is 0 Å². The number of alkyl halides is 3. The van der Waals surface area contributed by atoms with Crippen LogP contribution in [0, 0.1) is 0 Å². The number of nitrogens with zero attached hydrogens (tertiary/aromatic N) is 4. The molecule has 3 heterocycles. The molecule has 0 saturated carbocycles. The number of hydrogen-bond donors (Lipinski definition) is 1. The van der Waals surface area contributed by atoms with E-state index in [4.69, 9.17) is 0 Å². The van der Waals surface area contributed by atoms with Crippen molar-refractivity contribution in [3.05, 3.63) is 48.3 Å². The average Bonchev–Trinajstić information content (AvgIpc) is 3.03. The minimum absolute atomic E-state index is 0.189. The Morgan fingerprint density at radius 3 is 2.58 bits per heavy atom. The molecule has 0 radical (unpaired) electrons. The van der Waals surface area contributed by atoms with Crippen LogP contribution in [0.25, 0.3) is 22.4 Å². The van der Waals surface area contributed by atoms with Crippen molar-refractivity contribution < 1.29 is 13.2 Å². The molecule has 1 aliphatic rings. The molecule has 5 nitrogen and oxygen atoms in total. The Labute approximate surface area is 148 Å². The van der Waals surface area contributed by atoms with E-state index in [9.17, 15) is 13.2 Å². The Morgan fingerprint density at radius 1 is 1.08 bits per heavy atom. The van der Waals surface area contributed by atoms with Crippen molar-refractivity contribution in [1.29, 1.82) is 0 Å². The fourth-order valence-corrected chi connectivity index (χ4v) is 3.32. The summed E-state index contributed by atoms with van der Waals surface area (Å²) in [5, 5.41) is 5.41. The molecule has 4 rings (SSSR count). The molecular weight excluding hydrogens is 343 g/mol. The highest BCUT2D eigenvalue weighted by Gasteiger charge is 2.30. The van der Waals surface area contributed by atoms with Gasteiger partial charge in [0.05, 0.1) is 17.5 Å². The van der Waals surface area contributed by atoms with Gasteiger partial charge < -0.3 is 10.3 Å². The van der Waals surface area contributed by atoms with Crippen LogP contribution in [0.1, 0.15) is 5.56 Å². The van der Waals surface area contributed by atoms with Crippen molar-refractivity contribution in [2.75, 3.05) is 31.2 Å². The zero-order valence-electron chi connectivity index (χ0n) is 14.0. The summed E-state index contributed by atoms with van der Waals surface area (Å²) in [7, 11) is 0. The number of imidazole rings is 1. The predicted octanol–water partition coefficient (Wildman–Crippen LogP) is 2.74. The van der Waals surface area contributed by atoms with Crippen LogP contribution in [-0.2, 0) is 6.42 Å². The van der Waals surface area contributed by atoms with Crippen LogP contribution in [0.2, 0.25) is 0 Å². The lowest BCUT2D eigenvalue weighted by molar-refractivity contribution is -0.127. The fraction of sp³-hybridized carbons (Fsp3) is 0.333. The molecule has 3 aromatic rings. The number of aromatic nitrogens is 3. The van der Waals surface area contributed by atoms with E-state index in [1.165, 1.54) is 6.07 Å². The van der Waals surface area contributed by atoms with Crippen LogP contribution in [0.15, 0.2) is 42.7 Å². The standard InChI is InChI=1S/C18H18F3N5/c19-18(20,21)11-13-3-1-5-15-16(13)24-17(14-4-2-6-23-12-14)26(15)25-9-7-22-8-10-25/h1-6,12,22H,7-11H2. The van der Waals surface area contributed by atoms with E-state index in [1.807, 2.05) is 16.8 Å². The molecule has 0 amide bonds. The van der Waals surface area contributed by atoms with Gasteiger partial charge in [-0.1, -0.05) is 12.1 Å². The Bertz CT molecular complexity index is 898. The summed E-state index contributed by atoms with van der Waals surface area (Å²) in [4.78, 5) is 8.74. The molecule has 1 aromatic carbocycles. The van der Waals surface area contributed by atoms with Crippen LogP contribution >= 0.6 is 0 Å². The first-order valence-corrected chi connectivity index (χ1v) is 8.46. The molecule has 0 spiro atoms. The normalized spacial score (nSPS) is 15.6. The number of fused-ring (bicyclic) bond motifs is 1. The number of pyridine rings is 1. The van der Waals surface area contributed by atoms with Crippen molar-refractivity contribution >= 4 is 11.0 Å². The molecule has 136 valence electrons. The maximum absolute atomic E-state index is 13.0. The molecule has 1 saturated heterocycles. The number of rotatable bonds is 3. The largest absolute Gasteiger partial charge is 0.393 e. The Kier molecular flexibility index (Phi) is 4.28. The Balaban J connectivity index is 1.92. The lowest BCUT2D eigenvalue weighted by atomic mass is 10.1. The molecule has 0 atom stereocenters. The van der Waals surface area contributed by atoms with Gasteiger partial charge in [-0.3, -0.25) is 4.98 Å². The summed E-state index contributed by atoms with van der Waals surface area (Å²) < 4.78 is 40.9. The molecular formula is C18H18F3N5. The summed E-state index contributed by atoms with van der Waals surface area (Å²) >= 11 is 0. The maximum Gasteiger partial charge on any atom is 0.393 e. The SMILES string of the molecule is FC(F)(F)Cc1cccc2c1nc(-c1cccnc1)n2N1CCNCC1.